The zero-order chi connectivity index (χ0) is 21.3. The van der Waals surface area contributed by atoms with E-state index in [1.54, 1.807) is 38.1 Å². The maximum absolute atomic E-state index is 12.7. The summed E-state index contributed by atoms with van der Waals surface area (Å²) >= 11 is 0. The van der Waals surface area contributed by atoms with Crippen LogP contribution in [0.5, 0.6) is 11.5 Å². The molecule has 29 heavy (non-hydrogen) atoms. The number of hydrogen-bond donors (Lipinski definition) is 1. The van der Waals surface area contributed by atoms with Crippen LogP contribution in [-0.4, -0.2) is 36.6 Å². The van der Waals surface area contributed by atoms with Gasteiger partial charge in [-0.1, -0.05) is 30.3 Å². The Kier molecular flexibility index (Phi) is 7.77. The van der Waals surface area contributed by atoms with Crippen molar-refractivity contribution in [2.24, 2.45) is 0 Å². The van der Waals surface area contributed by atoms with E-state index < -0.39 is 23.4 Å². The molecule has 0 aliphatic rings. The van der Waals surface area contributed by atoms with Gasteiger partial charge >= 0.3 is 11.9 Å². The molecule has 2 rings (SSSR count). The standard InChI is InChI=1S/C22H25NO6/c1-4-27-20(25)22(23-16(3)24,21(26)28-5-2)15-17-10-9-13-19(14-17)29-18-11-7-6-8-12-18/h6-14H,4-5,15H2,1-3H3,(H,23,24). The topological polar surface area (TPSA) is 90.9 Å². The van der Waals surface area contributed by atoms with Crippen LogP contribution in [0.3, 0.4) is 0 Å². The lowest BCUT2D eigenvalue weighted by molar-refractivity contribution is -0.168. The molecule has 0 aromatic heterocycles. The van der Waals surface area contributed by atoms with Crippen molar-refractivity contribution in [2.45, 2.75) is 32.7 Å². The molecule has 1 amide bonds. The molecule has 0 bridgehead atoms. The first-order chi connectivity index (χ1) is 13.9. The number of amides is 1. The van der Waals surface area contributed by atoms with Crippen molar-refractivity contribution in [3.05, 3.63) is 60.2 Å². The van der Waals surface area contributed by atoms with Crippen LogP contribution in [0, 0.1) is 0 Å². The maximum atomic E-state index is 12.7. The number of rotatable bonds is 9. The van der Waals surface area contributed by atoms with Crippen molar-refractivity contribution < 1.29 is 28.6 Å². The van der Waals surface area contributed by atoms with Crippen molar-refractivity contribution in [1.29, 1.82) is 0 Å². The van der Waals surface area contributed by atoms with E-state index in [0.717, 1.165) is 0 Å². The number of para-hydroxylation sites is 1. The molecule has 7 nitrogen and oxygen atoms in total. The number of nitrogens with one attached hydrogen (secondary N) is 1. The molecule has 0 saturated carbocycles. The first-order valence-electron chi connectivity index (χ1n) is 9.36. The Morgan fingerprint density at radius 3 is 2.00 bits per heavy atom. The second-order valence-electron chi connectivity index (χ2n) is 6.27. The third kappa shape index (κ3) is 5.81. The Hall–Kier alpha value is -3.35. The van der Waals surface area contributed by atoms with E-state index in [1.807, 2.05) is 30.3 Å². The molecule has 7 heteroatoms. The smallest absolute Gasteiger partial charge is 0.344 e. The number of hydrogen-bond acceptors (Lipinski definition) is 6. The number of benzene rings is 2. The molecule has 1 N–H and O–H groups in total. The molecule has 0 aliphatic heterocycles. The van der Waals surface area contributed by atoms with E-state index >= 15 is 0 Å². The Morgan fingerprint density at radius 2 is 1.45 bits per heavy atom. The number of carbonyl (C=O) groups excluding carboxylic acids is 3. The predicted octanol–water partition coefficient (Wildman–Crippen LogP) is 3.02. The normalized spacial score (nSPS) is 10.7. The monoisotopic (exact) mass is 399 g/mol. The van der Waals surface area contributed by atoms with Gasteiger partial charge < -0.3 is 19.5 Å². The van der Waals surface area contributed by atoms with Crippen LogP contribution in [0.15, 0.2) is 54.6 Å². The highest BCUT2D eigenvalue weighted by Crippen LogP contribution is 2.25. The fourth-order valence-corrected chi connectivity index (χ4v) is 2.83. The van der Waals surface area contributed by atoms with Crippen molar-refractivity contribution in [2.75, 3.05) is 13.2 Å². The minimum absolute atomic E-state index is 0.0523. The van der Waals surface area contributed by atoms with E-state index in [1.165, 1.54) is 6.92 Å². The summed E-state index contributed by atoms with van der Waals surface area (Å²) in [6.45, 7) is 4.57. The summed E-state index contributed by atoms with van der Waals surface area (Å²) in [4.78, 5) is 37.3. The van der Waals surface area contributed by atoms with Gasteiger partial charge in [-0.2, -0.15) is 0 Å². The fraction of sp³-hybridized carbons (Fsp3) is 0.318. The number of carbonyl (C=O) groups is 3. The molecule has 0 saturated heterocycles. The van der Waals surface area contributed by atoms with Crippen LogP contribution >= 0.6 is 0 Å². The van der Waals surface area contributed by atoms with Crippen molar-refractivity contribution in [1.82, 2.24) is 5.32 Å². The highest BCUT2D eigenvalue weighted by Gasteiger charge is 2.50. The van der Waals surface area contributed by atoms with E-state index in [4.69, 9.17) is 14.2 Å². The second kappa shape index (κ2) is 10.3. The lowest BCUT2D eigenvalue weighted by Gasteiger charge is -2.29. The maximum Gasteiger partial charge on any atom is 0.344 e. The van der Waals surface area contributed by atoms with E-state index in [-0.39, 0.29) is 19.6 Å². The van der Waals surface area contributed by atoms with Crippen LogP contribution < -0.4 is 10.1 Å². The summed E-state index contributed by atoms with van der Waals surface area (Å²) < 4.78 is 16.0. The Bertz CT molecular complexity index is 831. The zero-order valence-corrected chi connectivity index (χ0v) is 16.8. The van der Waals surface area contributed by atoms with Gasteiger partial charge in [0.05, 0.1) is 13.2 Å². The Morgan fingerprint density at radius 1 is 0.862 bits per heavy atom. The molecule has 2 aromatic carbocycles. The zero-order valence-electron chi connectivity index (χ0n) is 16.8. The highest BCUT2D eigenvalue weighted by molar-refractivity contribution is 6.08. The summed E-state index contributed by atoms with van der Waals surface area (Å²) in [6, 6.07) is 16.1. The molecule has 0 spiro atoms. The van der Waals surface area contributed by atoms with Gasteiger partial charge in [-0.25, -0.2) is 9.59 Å². The van der Waals surface area contributed by atoms with Gasteiger partial charge in [0.25, 0.3) is 0 Å². The first-order valence-corrected chi connectivity index (χ1v) is 9.36. The van der Waals surface area contributed by atoms with E-state index in [0.29, 0.717) is 17.1 Å². The van der Waals surface area contributed by atoms with Crippen LogP contribution in [-0.2, 0) is 30.3 Å². The van der Waals surface area contributed by atoms with Crippen LogP contribution in [0.1, 0.15) is 26.3 Å². The van der Waals surface area contributed by atoms with Gasteiger partial charge in [0.1, 0.15) is 11.5 Å². The molecule has 0 fully saturated rings. The van der Waals surface area contributed by atoms with E-state index in [2.05, 4.69) is 5.32 Å². The summed E-state index contributed by atoms with van der Waals surface area (Å²) in [5.74, 6) is -1.12. The molecule has 154 valence electrons. The van der Waals surface area contributed by atoms with Crippen molar-refractivity contribution in [3.8, 4) is 11.5 Å². The van der Waals surface area contributed by atoms with Gasteiger partial charge in [0.2, 0.25) is 11.4 Å². The molecule has 0 radical (unpaired) electrons. The minimum Gasteiger partial charge on any atom is -0.464 e. The van der Waals surface area contributed by atoms with Gasteiger partial charge in [-0.15, -0.1) is 0 Å². The summed E-state index contributed by atoms with van der Waals surface area (Å²) in [6.07, 6.45) is -0.143. The van der Waals surface area contributed by atoms with E-state index in [9.17, 15) is 14.4 Å². The lowest BCUT2D eigenvalue weighted by Crippen LogP contribution is -2.62. The van der Waals surface area contributed by atoms with Gasteiger partial charge in [-0.05, 0) is 43.7 Å². The predicted molar refractivity (Wildman–Crippen MR) is 106 cm³/mol. The van der Waals surface area contributed by atoms with Crippen LogP contribution in [0.25, 0.3) is 0 Å². The Balaban J connectivity index is 2.38. The molecule has 0 atom stereocenters. The largest absolute Gasteiger partial charge is 0.464 e. The third-order valence-electron chi connectivity index (χ3n) is 3.98. The molecule has 0 heterocycles. The van der Waals surface area contributed by atoms with Gasteiger partial charge in [0, 0.05) is 13.3 Å². The summed E-state index contributed by atoms with van der Waals surface area (Å²) in [7, 11) is 0. The average molecular weight is 399 g/mol. The quantitative estimate of drug-likeness (QED) is 0.515. The van der Waals surface area contributed by atoms with Gasteiger partial charge in [0.15, 0.2) is 0 Å². The fourth-order valence-electron chi connectivity index (χ4n) is 2.83. The summed E-state index contributed by atoms with van der Waals surface area (Å²) in [5, 5.41) is 2.45. The van der Waals surface area contributed by atoms with Crippen LogP contribution in [0.4, 0.5) is 0 Å². The molecule has 0 unspecified atom stereocenters. The second-order valence-corrected chi connectivity index (χ2v) is 6.27. The van der Waals surface area contributed by atoms with Crippen LogP contribution in [0.2, 0.25) is 0 Å². The Labute approximate surface area is 170 Å². The molecule has 0 aliphatic carbocycles. The molecular formula is C22H25NO6. The average Bonchev–Trinajstić information content (AvgIpc) is 2.68. The lowest BCUT2D eigenvalue weighted by atomic mass is 9.90. The number of ether oxygens (including phenoxy) is 3. The van der Waals surface area contributed by atoms with Crippen molar-refractivity contribution >= 4 is 17.8 Å². The highest BCUT2D eigenvalue weighted by atomic mass is 16.6. The molecular weight excluding hydrogens is 374 g/mol. The summed E-state index contributed by atoms with van der Waals surface area (Å²) in [5.41, 5.74) is -1.39. The molecule has 2 aromatic rings. The third-order valence-corrected chi connectivity index (χ3v) is 3.98. The van der Waals surface area contributed by atoms with Crippen molar-refractivity contribution in [3.63, 3.8) is 0 Å². The minimum atomic E-state index is -1.98. The van der Waals surface area contributed by atoms with Gasteiger partial charge in [-0.3, -0.25) is 4.79 Å². The first kappa shape index (κ1) is 21.9. The number of esters is 2. The SMILES string of the molecule is CCOC(=O)C(Cc1cccc(Oc2ccccc2)c1)(NC(C)=O)C(=O)OCC.